The molecule has 0 radical (unpaired) electrons. The lowest BCUT2D eigenvalue weighted by molar-refractivity contribution is 1.19. The van der Waals surface area contributed by atoms with Gasteiger partial charge in [-0.2, -0.15) is 5.11 Å². The molecule has 2 heterocycles. The maximum Gasteiger partial charge on any atom is 0.132 e. The van der Waals surface area contributed by atoms with Crippen LogP contribution in [0.1, 0.15) is 11.4 Å². The lowest BCUT2D eigenvalue weighted by atomic mass is 10.3. The molecule has 0 saturated carbocycles. The summed E-state index contributed by atoms with van der Waals surface area (Å²) in [4.78, 5) is 7.80. The summed E-state index contributed by atoms with van der Waals surface area (Å²) in [6.07, 6.45) is 0. The van der Waals surface area contributed by atoms with Crippen molar-refractivity contribution >= 4 is 22.4 Å². The zero-order chi connectivity index (χ0) is 13.2. The largest absolute Gasteiger partial charge is 0.355 e. The number of aromatic nitrogens is 2. The predicted octanol–water partition coefficient (Wildman–Crippen LogP) is 4.60. The van der Waals surface area contributed by atoms with Crippen molar-refractivity contribution in [2.75, 3.05) is 0 Å². The quantitative estimate of drug-likeness (QED) is 0.664. The van der Waals surface area contributed by atoms with Crippen LogP contribution in [-0.2, 0) is 0 Å². The van der Waals surface area contributed by atoms with E-state index in [0.29, 0.717) is 0 Å². The van der Waals surface area contributed by atoms with E-state index in [9.17, 15) is 0 Å². The summed E-state index contributed by atoms with van der Waals surface area (Å²) in [6.45, 7) is 3.95. The van der Waals surface area contributed by atoms with Gasteiger partial charge >= 0.3 is 0 Å². The normalized spacial score (nSPS) is 11.5. The van der Waals surface area contributed by atoms with Gasteiger partial charge in [-0.1, -0.05) is 18.2 Å². The maximum atomic E-state index is 4.52. The van der Waals surface area contributed by atoms with Gasteiger partial charge < -0.3 is 4.98 Å². The van der Waals surface area contributed by atoms with E-state index in [2.05, 4.69) is 20.2 Å². The van der Waals surface area contributed by atoms with Crippen molar-refractivity contribution in [3.05, 3.63) is 53.9 Å². The van der Waals surface area contributed by atoms with Crippen molar-refractivity contribution in [3.8, 4) is 0 Å². The van der Waals surface area contributed by atoms with Gasteiger partial charge in [-0.25, -0.2) is 4.98 Å². The van der Waals surface area contributed by atoms with Crippen molar-refractivity contribution in [1.29, 1.82) is 0 Å². The molecular formula is C15H14N4. The van der Waals surface area contributed by atoms with E-state index in [1.165, 1.54) is 0 Å². The fraction of sp³-hybridized carbons (Fsp3) is 0.133. The van der Waals surface area contributed by atoms with E-state index >= 15 is 0 Å². The van der Waals surface area contributed by atoms with Crippen LogP contribution in [0.2, 0.25) is 0 Å². The monoisotopic (exact) mass is 250 g/mol. The molecule has 0 amide bonds. The summed E-state index contributed by atoms with van der Waals surface area (Å²) in [5.41, 5.74) is 5.46. The van der Waals surface area contributed by atoms with Crippen LogP contribution < -0.4 is 0 Å². The molecule has 0 saturated heterocycles. The van der Waals surface area contributed by atoms with Gasteiger partial charge in [-0.3, -0.25) is 0 Å². The summed E-state index contributed by atoms with van der Waals surface area (Å²) < 4.78 is 0. The van der Waals surface area contributed by atoms with Gasteiger partial charge in [0.2, 0.25) is 0 Å². The van der Waals surface area contributed by atoms with Crippen LogP contribution >= 0.6 is 0 Å². The van der Waals surface area contributed by atoms with Crippen molar-refractivity contribution < 1.29 is 0 Å². The molecule has 0 aliphatic carbocycles. The first-order valence-corrected chi connectivity index (χ1v) is 6.17. The highest BCUT2D eigenvalue weighted by atomic mass is 15.1. The van der Waals surface area contributed by atoms with Gasteiger partial charge in [0, 0.05) is 11.4 Å². The molecule has 1 N–H and O–H groups in total. The minimum atomic E-state index is 0.808. The Bertz CT molecular complexity index is 741. The van der Waals surface area contributed by atoms with E-state index in [1.807, 2.05) is 56.3 Å². The van der Waals surface area contributed by atoms with E-state index in [1.54, 1.807) is 0 Å². The number of hydrogen-bond donors (Lipinski definition) is 1. The Morgan fingerprint density at radius 3 is 2.53 bits per heavy atom. The average Bonchev–Trinajstić information content (AvgIpc) is 2.73. The minimum absolute atomic E-state index is 0.808. The van der Waals surface area contributed by atoms with Crippen LogP contribution in [-0.4, -0.2) is 9.97 Å². The number of hydrogen-bond acceptors (Lipinski definition) is 3. The fourth-order valence-corrected chi connectivity index (χ4v) is 2.00. The number of nitrogens with zero attached hydrogens (tertiary/aromatic N) is 3. The maximum absolute atomic E-state index is 4.52. The number of rotatable bonds is 2. The summed E-state index contributed by atoms with van der Waals surface area (Å²) in [5.74, 6) is 0. The summed E-state index contributed by atoms with van der Waals surface area (Å²) in [5, 5.41) is 8.59. The number of azo groups is 1. The second-order valence-electron chi connectivity index (χ2n) is 4.48. The molecule has 0 aliphatic heterocycles. The van der Waals surface area contributed by atoms with E-state index in [0.717, 1.165) is 33.8 Å². The molecule has 94 valence electrons. The first-order chi connectivity index (χ1) is 9.24. The predicted molar refractivity (Wildman–Crippen MR) is 76.2 cm³/mol. The van der Waals surface area contributed by atoms with Crippen LogP contribution in [0.4, 0.5) is 11.4 Å². The molecular weight excluding hydrogens is 236 g/mol. The van der Waals surface area contributed by atoms with Gasteiger partial charge in [0.1, 0.15) is 11.2 Å². The van der Waals surface area contributed by atoms with E-state index < -0.39 is 0 Å². The highest BCUT2D eigenvalue weighted by Gasteiger charge is 2.09. The van der Waals surface area contributed by atoms with Crippen LogP contribution in [0.15, 0.2) is 52.7 Å². The summed E-state index contributed by atoms with van der Waals surface area (Å²) in [7, 11) is 0. The SMILES string of the molecule is Cc1ccc2[nH]c(C)c(N=Nc3ccccc3)c2n1. The van der Waals surface area contributed by atoms with Crippen LogP contribution in [0, 0.1) is 13.8 Å². The minimum Gasteiger partial charge on any atom is -0.355 e. The number of fused-ring (bicyclic) bond motifs is 1. The molecule has 3 aromatic rings. The first kappa shape index (κ1) is 11.6. The topological polar surface area (TPSA) is 53.4 Å². The number of benzene rings is 1. The van der Waals surface area contributed by atoms with E-state index in [-0.39, 0.29) is 0 Å². The summed E-state index contributed by atoms with van der Waals surface area (Å²) in [6, 6.07) is 13.7. The molecule has 0 aliphatic rings. The zero-order valence-electron chi connectivity index (χ0n) is 10.9. The fourth-order valence-electron chi connectivity index (χ4n) is 2.00. The highest BCUT2D eigenvalue weighted by Crippen LogP contribution is 2.30. The van der Waals surface area contributed by atoms with Gasteiger partial charge in [-0.05, 0) is 38.1 Å². The number of aromatic amines is 1. The highest BCUT2D eigenvalue weighted by molar-refractivity contribution is 5.89. The Labute approximate surface area is 111 Å². The molecule has 0 fully saturated rings. The molecule has 2 aromatic heterocycles. The second-order valence-corrected chi connectivity index (χ2v) is 4.48. The third kappa shape index (κ3) is 2.25. The Morgan fingerprint density at radius 1 is 0.947 bits per heavy atom. The number of H-pyrrole nitrogens is 1. The molecule has 4 heteroatoms. The van der Waals surface area contributed by atoms with Gasteiger partial charge in [-0.15, -0.1) is 5.11 Å². The molecule has 0 atom stereocenters. The lowest BCUT2D eigenvalue weighted by Gasteiger charge is -1.94. The van der Waals surface area contributed by atoms with Crippen molar-refractivity contribution in [3.63, 3.8) is 0 Å². The Morgan fingerprint density at radius 2 is 1.74 bits per heavy atom. The second kappa shape index (κ2) is 4.65. The first-order valence-electron chi connectivity index (χ1n) is 6.17. The van der Waals surface area contributed by atoms with E-state index in [4.69, 9.17) is 0 Å². The van der Waals surface area contributed by atoms with Gasteiger partial charge in [0.05, 0.1) is 11.2 Å². The molecule has 3 rings (SSSR count). The number of aryl methyl sites for hydroxylation is 2. The summed E-state index contributed by atoms with van der Waals surface area (Å²) >= 11 is 0. The third-order valence-corrected chi connectivity index (χ3v) is 2.96. The Balaban J connectivity index is 2.07. The third-order valence-electron chi connectivity index (χ3n) is 2.96. The molecule has 0 unspecified atom stereocenters. The molecule has 1 aromatic carbocycles. The molecule has 19 heavy (non-hydrogen) atoms. The van der Waals surface area contributed by atoms with Gasteiger partial charge in [0.15, 0.2) is 0 Å². The smallest absolute Gasteiger partial charge is 0.132 e. The molecule has 0 bridgehead atoms. The number of pyridine rings is 1. The standard InChI is InChI=1S/C15H14N4/c1-10-8-9-13-15(16-10)14(11(2)17-13)19-18-12-6-4-3-5-7-12/h3-9,17H,1-2H3. The Kier molecular flexibility index (Phi) is 2.83. The van der Waals surface area contributed by atoms with Crippen molar-refractivity contribution in [2.45, 2.75) is 13.8 Å². The zero-order valence-corrected chi connectivity index (χ0v) is 10.9. The molecule has 0 spiro atoms. The average molecular weight is 250 g/mol. The van der Waals surface area contributed by atoms with Crippen molar-refractivity contribution in [2.24, 2.45) is 10.2 Å². The van der Waals surface area contributed by atoms with Gasteiger partial charge in [0.25, 0.3) is 0 Å². The molecule has 4 nitrogen and oxygen atoms in total. The Hall–Kier alpha value is -2.49. The van der Waals surface area contributed by atoms with Crippen LogP contribution in [0.3, 0.4) is 0 Å². The van der Waals surface area contributed by atoms with Crippen molar-refractivity contribution in [1.82, 2.24) is 9.97 Å². The number of nitrogens with one attached hydrogen (secondary N) is 1. The lowest BCUT2D eigenvalue weighted by Crippen LogP contribution is -1.79. The van der Waals surface area contributed by atoms with Crippen LogP contribution in [0.5, 0.6) is 0 Å². The van der Waals surface area contributed by atoms with Crippen LogP contribution in [0.25, 0.3) is 11.0 Å².